The van der Waals surface area contributed by atoms with Crippen molar-refractivity contribution < 1.29 is 18.8 Å². The number of methoxy groups -OCH3 is 1. The molecule has 136 valence electrons. The molecule has 0 spiro atoms. The van der Waals surface area contributed by atoms with Gasteiger partial charge in [-0.3, -0.25) is 4.79 Å². The number of unbranched alkanes of at least 4 members (excludes halogenated alkanes) is 2. The molecule has 1 aliphatic rings. The topological polar surface area (TPSA) is 52.6 Å². The van der Waals surface area contributed by atoms with E-state index in [1.165, 1.54) is 13.2 Å². The van der Waals surface area contributed by atoms with Crippen LogP contribution < -0.4 is 0 Å². The fourth-order valence-corrected chi connectivity index (χ4v) is 5.93. The highest BCUT2D eigenvalue weighted by Crippen LogP contribution is 2.29. The van der Waals surface area contributed by atoms with Crippen LogP contribution in [0.3, 0.4) is 0 Å². The van der Waals surface area contributed by atoms with Crippen molar-refractivity contribution in [2.24, 2.45) is 0 Å². The van der Waals surface area contributed by atoms with E-state index >= 15 is 0 Å². The molecule has 0 amide bonds. The predicted molar refractivity (Wildman–Crippen MR) is 99.4 cm³/mol. The molecule has 0 aliphatic heterocycles. The van der Waals surface area contributed by atoms with E-state index < -0.39 is 8.32 Å². The van der Waals surface area contributed by atoms with Crippen LogP contribution in [0, 0.1) is 0 Å². The predicted octanol–water partition coefficient (Wildman–Crippen LogP) is 4.57. The summed E-state index contributed by atoms with van der Waals surface area (Å²) < 4.78 is 11.0. The van der Waals surface area contributed by atoms with Crippen LogP contribution in [0.15, 0.2) is 23.8 Å². The summed E-state index contributed by atoms with van der Waals surface area (Å²) in [5.41, 5.74) is 0.933. The van der Waals surface area contributed by atoms with Gasteiger partial charge in [-0.25, -0.2) is 4.79 Å². The largest absolute Gasteiger partial charge is 0.466 e. The summed E-state index contributed by atoms with van der Waals surface area (Å²) in [7, 11) is -0.283. The summed E-state index contributed by atoms with van der Waals surface area (Å²) >= 11 is 0. The van der Waals surface area contributed by atoms with Crippen molar-refractivity contribution in [2.75, 3.05) is 7.11 Å². The van der Waals surface area contributed by atoms with Crippen LogP contribution in [0.5, 0.6) is 0 Å². The monoisotopic (exact) mass is 352 g/mol. The maximum Gasteiger partial charge on any atom is 0.330 e. The Labute approximate surface area is 147 Å². The van der Waals surface area contributed by atoms with Crippen LogP contribution in [0.4, 0.5) is 0 Å². The number of Topliss-reactive ketones (excluding diaryl/α,β-unsaturated/α-hetero) is 1. The zero-order valence-electron chi connectivity index (χ0n) is 15.6. The van der Waals surface area contributed by atoms with E-state index in [2.05, 4.69) is 31.6 Å². The van der Waals surface area contributed by atoms with Crippen LogP contribution in [0.2, 0.25) is 18.1 Å². The molecule has 0 saturated heterocycles. The SMILES string of the molecule is CC[Si](CC)(CC)O[C@H]1C=C(CCCCC=CC(=O)OC)C(=O)C1. The Morgan fingerprint density at radius 1 is 1.25 bits per heavy atom. The quantitative estimate of drug-likeness (QED) is 0.237. The maximum absolute atomic E-state index is 12.2. The third-order valence-electron chi connectivity index (χ3n) is 4.99. The first kappa shape index (κ1) is 20.8. The minimum Gasteiger partial charge on any atom is -0.466 e. The first-order valence-corrected chi connectivity index (χ1v) is 11.7. The molecule has 4 nitrogen and oxygen atoms in total. The number of allylic oxidation sites excluding steroid dienone is 2. The number of hydrogen-bond acceptors (Lipinski definition) is 4. The van der Waals surface area contributed by atoms with Crippen molar-refractivity contribution in [3.8, 4) is 0 Å². The molecule has 0 N–H and O–H groups in total. The van der Waals surface area contributed by atoms with Crippen LogP contribution in [-0.4, -0.2) is 33.3 Å². The third kappa shape index (κ3) is 6.36. The fourth-order valence-electron chi connectivity index (χ4n) is 3.13. The lowest BCUT2D eigenvalue weighted by Gasteiger charge is -2.30. The van der Waals surface area contributed by atoms with E-state index in [9.17, 15) is 9.59 Å². The second kappa shape index (κ2) is 10.6. The first-order chi connectivity index (χ1) is 11.5. The Morgan fingerprint density at radius 2 is 1.92 bits per heavy atom. The first-order valence-electron chi connectivity index (χ1n) is 9.16. The summed E-state index contributed by atoms with van der Waals surface area (Å²) in [5.74, 6) is -0.0737. The minimum atomic E-state index is -1.65. The van der Waals surface area contributed by atoms with Gasteiger partial charge < -0.3 is 9.16 Å². The summed E-state index contributed by atoms with van der Waals surface area (Å²) in [5, 5.41) is 0. The molecular formula is C19H32O4Si. The zero-order chi connectivity index (χ0) is 18.0. The number of carbonyl (C=O) groups is 2. The second-order valence-electron chi connectivity index (χ2n) is 6.39. The van der Waals surface area contributed by atoms with Gasteiger partial charge in [-0.2, -0.15) is 0 Å². The lowest BCUT2D eigenvalue weighted by atomic mass is 10.1. The van der Waals surface area contributed by atoms with Gasteiger partial charge in [0.25, 0.3) is 0 Å². The second-order valence-corrected chi connectivity index (χ2v) is 11.1. The Morgan fingerprint density at radius 3 is 2.50 bits per heavy atom. The molecular weight excluding hydrogens is 320 g/mol. The van der Waals surface area contributed by atoms with Gasteiger partial charge in [-0.05, 0) is 55.5 Å². The summed E-state index contributed by atoms with van der Waals surface area (Å²) in [6.45, 7) is 6.63. The Bertz CT molecular complexity index is 469. The van der Waals surface area contributed by atoms with Gasteiger partial charge in [0.2, 0.25) is 0 Å². The molecule has 0 radical (unpaired) electrons. The van der Waals surface area contributed by atoms with Crippen molar-refractivity contribution in [1.82, 2.24) is 0 Å². The van der Waals surface area contributed by atoms with Crippen molar-refractivity contribution >= 4 is 20.1 Å². The van der Waals surface area contributed by atoms with Gasteiger partial charge >= 0.3 is 5.97 Å². The van der Waals surface area contributed by atoms with E-state index in [-0.39, 0.29) is 17.9 Å². The van der Waals surface area contributed by atoms with Gasteiger partial charge in [-0.15, -0.1) is 0 Å². The molecule has 0 heterocycles. The van der Waals surface area contributed by atoms with E-state index in [0.717, 1.165) is 49.4 Å². The number of ether oxygens (including phenoxy) is 1. The van der Waals surface area contributed by atoms with Crippen LogP contribution in [-0.2, 0) is 18.8 Å². The molecule has 0 aromatic heterocycles. The number of esters is 1. The van der Waals surface area contributed by atoms with E-state index in [0.29, 0.717) is 6.42 Å². The highest BCUT2D eigenvalue weighted by atomic mass is 28.4. The number of ketones is 1. The molecule has 24 heavy (non-hydrogen) atoms. The van der Waals surface area contributed by atoms with Gasteiger partial charge in [0, 0.05) is 12.5 Å². The highest BCUT2D eigenvalue weighted by molar-refractivity contribution is 6.73. The summed E-state index contributed by atoms with van der Waals surface area (Å²) in [4.78, 5) is 23.1. The molecule has 0 bridgehead atoms. The van der Waals surface area contributed by atoms with Gasteiger partial charge in [0.1, 0.15) is 0 Å². The molecule has 0 aromatic carbocycles. The van der Waals surface area contributed by atoms with E-state index in [1.54, 1.807) is 0 Å². The van der Waals surface area contributed by atoms with E-state index in [1.807, 2.05) is 6.08 Å². The van der Waals surface area contributed by atoms with E-state index in [4.69, 9.17) is 4.43 Å². The van der Waals surface area contributed by atoms with Crippen LogP contribution in [0.1, 0.15) is 52.9 Å². The van der Waals surface area contributed by atoms with Crippen molar-refractivity contribution in [1.29, 1.82) is 0 Å². The fraction of sp³-hybridized carbons (Fsp3) is 0.684. The average Bonchev–Trinajstić information content (AvgIpc) is 2.94. The van der Waals surface area contributed by atoms with Gasteiger partial charge in [-0.1, -0.05) is 26.8 Å². The number of hydrogen-bond donors (Lipinski definition) is 0. The van der Waals surface area contributed by atoms with Crippen molar-refractivity contribution in [2.45, 2.75) is 77.1 Å². The van der Waals surface area contributed by atoms with Crippen LogP contribution in [0.25, 0.3) is 0 Å². The normalized spacial score (nSPS) is 18.2. The minimum absolute atomic E-state index is 0.00163. The Kier molecular flexibility index (Phi) is 9.22. The molecule has 0 fully saturated rings. The molecule has 0 saturated carbocycles. The number of rotatable bonds is 11. The smallest absolute Gasteiger partial charge is 0.330 e. The average molecular weight is 353 g/mol. The molecule has 0 aromatic rings. The van der Waals surface area contributed by atoms with Crippen molar-refractivity contribution in [3.63, 3.8) is 0 Å². The molecule has 1 aliphatic carbocycles. The summed E-state index contributed by atoms with van der Waals surface area (Å²) in [6, 6.07) is 3.33. The standard InChI is InChI=1S/C19H32O4Si/c1-5-24(6-2,7-3)23-17-14-16(18(20)15-17)12-10-8-9-11-13-19(21)22-4/h11,13-14,17H,5-10,12,15H2,1-4H3/t17-/m0/s1. The molecule has 0 unspecified atom stereocenters. The third-order valence-corrected chi connectivity index (χ3v) is 9.66. The lowest BCUT2D eigenvalue weighted by molar-refractivity contribution is -0.134. The maximum atomic E-state index is 12.2. The lowest BCUT2D eigenvalue weighted by Crippen LogP contribution is -2.39. The van der Waals surface area contributed by atoms with Gasteiger partial charge in [0.15, 0.2) is 14.1 Å². The molecule has 1 atom stereocenters. The van der Waals surface area contributed by atoms with Crippen LogP contribution >= 0.6 is 0 Å². The zero-order valence-corrected chi connectivity index (χ0v) is 16.6. The van der Waals surface area contributed by atoms with Crippen molar-refractivity contribution in [3.05, 3.63) is 23.8 Å². The Balaban J connectivity index is 2.42. The molecule has 1 rings (SSSR count). The Hall–Kier alpha value is -1.20. The summed E-state index contributed by atoms with van der Waals surface area (Å²) in [6.07, 6.45) is 9.41. The van der Waals surface area contributed by atoms with Gasteiger partial charge in [0.05, 0.1) is 13.2 Å². The number of carbonyl (C=O) groups excluding carboxylic acids is 2. The highest BCUT2D eigenvalue weighted by Gasteiger charge is 2.34. The molecule has 5 heteroatoms.